The van der Waals surface area contributed by atoms with E-state index in [0.717, 1.165) is 10.1 Å². The van der Waals surface area contributed by atoms with Crippen molar-refractivity contribution in [2.24, 2.45) is 0 Å². The Hall–Kier alpha value is -3.72. The van der Waals surface area contributed by atoms with Crippen molar-refractivity contribution in [1.29, 1.82) is 0 Å². The van der Waals surface area contributed by atoms with Crippen LogP contribution in [0.4, 0.5) is 11.4 Å². The van der Waals surface area contributed by atoms with Crippen LogP contribution in [0.25, 0.3) is 0 Å². The molecule has 0 aromatic heterocycles. The number of nitrogens with zero attached hydrogens (tertiary/aromatic N) is 1. The van der Waals surface area contributed by atoms with E-state index >= 15 is 0 Å². The molecule has 0 aliphatic carbocycles. The molecule has 1 amide bonds. The van der Waals surface area contributed by atoms with Crippen molar-refractivity contribution in [3.8, 4) is 17.2 Å². The number of rotatable bonds is 9. The van der Waals surface area contributed by atoms with Gasteiger partial charge in [0.05, 0.1) is 30.9 Å². The van der Waals surface area contributed by atoms with E-state index in [9.17, 15) is 13.2 Å². The number of amides is 1. The molecule has 0 heterocycles. The average molecular weight is 485 g/mol. The van der Waals surface area contributed by atoms with Gasteiger partial charge in [0.2, 0.25) is 0 Å². The van der Waals surface area contributed by atoms with Gasteiger partial charge in [-0.3, -0.25) is 9.10 Å². The fourth-order valence-corrected chi connectivity index (χ4v) is 4.40. The third-order valence-corrected chi connectivity index (χ3v) is 6.77. The molecule has 9 heteroatoms. The Morgan fingerprint density at radius 1 is 0.882 bits per heavy atom. The SMILES string of the molecule is COc1ccc(S(=O)(=O)N(C)c2ccc(C(=O)Nc3ccc(OC(C)C)cc3)cc2)cc1OC. The summed E-state index contributed by atoms with van der Waals surface area (Å²) >= 11 is 0. The molecule has 34 heavy (non-hydrogen) atoms. The zero-order valence-corrected chi connectivity index (χ0v) is 20.5. The van der Waals surface area contributed by atoms with E-state index in [0.29, 0.717) is 28.4 Å². The van der Waals surface area contributed by atoms with Gasteiger partial charge in [0.15, 0.2) is 11.5 Å². The van der Waals surface area contributed by atoms with Crippen LogP contribution >= 0.6 is 0 Å². The largest absolute Gasteiger partial charge is 0.493 e. The summed E-state index contributed by atoms with van der Waals surface area (Å²) < 4.78 is 43.3. The number of carbonyl (C=O) groups excluding carboxylic acids is 1. The Kier molecular flexibility index (Phi) is 7.68. The van der Waals surface area contributed by atoms with Crippen LogP contribution in [0, 0.1) is 0 Å². The lowest BCUT2D eigenvalue weighted by molar-refractivity contribution is 0.102. The predicted octanol–water partition coefficient (Wildman–Crippen LogP) is 4.57. The van der Waals surface area contributed by atoms with Gasteiger partial charge in [-0.05, 0) is 74.5 Å². The summed E-state index contributed by atoms with van der Waals surface area (Å²) in [5.74, 6) is 1.15. The van der Waals surface area contributed by atoms with Gasteiger partial charge in [-0.15, -0.1) is 0 Å². The topological polar surface area (TPSA) is 94.2 Å². The van der Waals surface area contributed by atoms with E-state index in [-0.39, 0.29) is 16.9 Å². The van der Waals surface area contributed by atoms with Gasteiger partial charge in [0.25, 0.3) is 15.9 Å². The van der Waals surface area contributed by atoms with Crippen molar-refractivity contribution in [3.63, 3.8) is 0 Å². The first-order valence-electron chi connectivity index (χ1n) is 10.5. The highest BCUT2D eigenvalue weighted by Gasteiger charge is 2.23. The highest BCUT2D eigenvalue weighted by Crippen LogP contribution is 2.31. The number of hydrogen-bond acceptors (Lipinski definition) is 6. The third-order valence-electron chi connectivity index (χ3n) is 4.99. The minimum absolute atomic E-state index is 0.0550. The minimum atomic E-state index is -3.86. The van der Waals surface area contributed by atoms with E-state index in [1.807, 2.05) is 13.8 Å². The lowest BCUT2D eigenvalue weighted by atomic mass is 10.2. The first kappa shape index (κ1) is 24.9. The maximum atomic E-state index is 13.1. The number of benzene rings is 3. The molecular weight excluding hydrogens is 456 g/mol. The molecule has 0 radical (unpaired) electrons. The molecule has 0 aliphatic heterocycles. The highest BCUT2D eigenvalue weighted by molar-refractivity contribution is 7.92. The zero-order chi connectivity index (χ0) is 24.9. The number of anilines is 2. The Bertz CT molecular complexity index is 1240. The van der Waals surface area contributed by atoms with Gasteiger partial charge in [0, 0.05) is 24.4 Å². The summed E-state index contributed by atoms with van der Waals surface area (Å²) in [6.07, 6.45) is 0.0626. The monoisotopic (exact) mass is 484 g/mol. The van der Waals surface area contributed by atoms with Crippen LogP contribution in [0.15, 0.2) is 71.6 Å². The second kappa shape index (κ2) is 10.5. The van der Waals surface area contributed by atoms with Gasteiger partial charge in [-0.2, -0.15) is 0 Å². The Morgan fingerprint density at radius 3 is 2.06 bits per heavy atom. The van der Waals surface area contributed by atoms with E-state index < -0.39 is 10.0 Å². The number of carbonyl (C=O) groups is 1. The molecule has 0 saturated carbocycles. The van der Waals surface area contributed by atoms with Crippen LogP contribution in [0.1, 0.15) is 24.2 Å². The number of hydrogen-bond donors (Lipinski definition) is 1. The standard InChI is InChI=1S/C25H28N2O6S/c1-17(2)33-21-12-8-19(9-13-21)26-25(28)18-6-10-20(11-7-18)27(3)34(29,30)22-14-15-23(31-4)24(16-22)32-5/h6-17H,1-5H3,(H,26,28). The summed E-state index contributed by atoms with van der Waals surface area (Å²) in [6, 6.07) is 17.8. The smallest absolute Gasteiger partial charge is 0.264 e. The van der Waals surface area contributed by atoms with Gasteiger partial charge in [0.1, 0.15) is 5.75 Å². The first-order chi connectivity index (χ1) is 16.1. The van der Waals surface area contributed by atoms with Crippen molar-refractivity contribution >= 4 is 27.3 Å². The molecular formula is C25H28N2O6S. The van der Waals surface area contributed by atoms with E-state index in [2.05, 4.69) is 5.32 Å². The molecule has 1 N–H and O–H groups in total. The molecule has 180 valence electrons. The van der Waals surface area contributed by atoms with E-state index in [1.165, 1.54) is 39.5 Å². The van der Waals surface area contributed by atoms with Crippen LogP contribution in [-0.4, -0.2) is 41.7 Å². The zero-order valence-electron chi connectivity index (χ0n) is 19.7. The van der Waals surface area contributed by atoms with Crippen molar-refractivity contribution in [3.05, 3.63) is 72.3 Å². The molecule has 0 bridgehead atoms. The number of sulfonamides is 1. The average Bonchev–Trinajstić information content (AvgIpc) is 2.84. The van der Waals surface area contributed by atoms with Crippen molar-refractivity contribution in [1.82, 2.24) is 0 Å². The third kappa shape index (κ3) is 5.60. The van der Waals surface area contributed by atoms with Crippen LogP contribution in [-0.2, 0) is 10.0 Å². The molecule has 0 saturated heterocycles. The Balaban J connectivity index is 1.73. The van der Waals surface area contributed by atoms with Gasteiger partial charge in [-0.25, -0.2) is 8.42 Å². The lowest BCUT2D eigenvalue weighted by Crippen LogP contribution is -2.26. The van der Waals surface area contributed by atoms with Crippen LogP contribution in [0.3, 0.4) is 0 Å². The summed E-state index contributed by atoms with van der Waals surface area (Å²) in [7, 11) is 0.506. The fourth-order valence-electron chi connectivity index (χ4n) is 3.19. The maximum absolute atomic E-state index is 13.1. The number of nitrogens with one attached hydrogen (secondary N) is 1. The van der Waals surface area contributed by atoms with Gasteiger partial charge >= 0.3 is 0 Å². The highest BCUT2D eigenvalue weighted by atomic mass is 32.2. The second-order valence-corrected chi connectivity index (χ2v) is 9.65. The molecule has 0 unspecified atom stereocenters. The summed E-state index contributed by atoms with van der Waals surface area (Å²) in [5, 5.41) is 2.81. The Labute approximate surface area is 200 Å². The quantitative estimate of drug-likeness (QED) is 0.478. The molecule has 0 atom stereocenters. The number of methoxy groups -OCH3 is 2. The van der Waals surface area contributed by atoms with Crippen LogP contribution in [0.2, 0.25) is 0 Å². The normalized spacial score (nSPS) is 11.1. The fraction of sp³-hybridized carbons (Fsp3) is 0.240. The molecule has 0 spiro atoms. The molecule has 8 nitrogen and oxygen atoms in total. The lowest BCUT2D eigenvalue weighted by Gasteiger charge is -2.20. The summed E-state index contributed by atoms with van der Waals surface area (Å²) in [6.45, 7) is 3.88. The molecule has 0 fully saturated rings. The molecule has 3 rings (SSSR count). The molecule has 3 aromatic carbocycles. The first-order valence-corrected chi connectivity index (χ1v) is 12.0. The van der Waals surface area contributed by atoms with E-state index in [4.69, 9.17) is 14.2 Å². The molecule has 3 aromatic rings. The van der Waals surface area contributed by atoms with Gasteiger partial charge in [-0.1, -0.05) is 0 Å². The summed E-state index contributed by atoms with van der Waals surface area (Å²) in [5.41, 5.74) is 1.42. The number of ether oxygens (including phenoxy) is 3. The molecule has 0 aliphatic rings. The summed E-state index contributed by atoms with van der Waals surface area (Å²) in [4.78, 5) is 12.7. The second-order valence-electron chi connectivity index (χ2n) is 7.68. The van der Waals surface area contributed by atoms with Crippen molar-refractivity contribution < 1.29 is 27.4 Å². The predicted molar refractivity (Wildman–Crippen MR) is 132 cm³/mol. The van der Waals surface area contributed by atoms with Gasteiger partial charge < -0.3 is 19.5 Å². The van der Waals surface area contributed by atoms with Crippen molar-refractivity contribution in [2.75, 3.05) is 30.9 Å². The Morgan fingerprint density at radius 2 is 1.50 bits per heavy atom. The maximum Gasteiger partial charge on any atom is 0.264 e. The van der Waals surface area contributed by atoms with Crippen LogP contribution < -0.4 is 23.8 Å². The van der Waals surface area contributed by atoms with Crippen molar-refractivity contribution in [2.45, 2.75) is 24.8 Å². The minimum Gasteiger partial charge on any atom is -0.493 e. The van der Waals surface area contributed by atoms with Crippen LogP contribution in [0.5, 0.6) is 17.2 Å². The van der Waals surface area contributed by atoms with E-state index in [1.54, 1.807) is 48.5 Å².